The molecule has 0 aliphatic carbocycles. The van der Waals surface area contributed by atoms with Crippen LogP contribution in [0.25, 0.3) is 0 Å². The summed E-state index contributed by atoms with van der Waals surface area (Å²) in [7, 11) is 0. The fraction of sp³-hybridized carbons (Fsp3) is 0.455. The van der Waals surface area contributed by atoms with Crippen molar-refractivity contribution in [3.05, 3.63) is 28.8 Å². The van der Waals surface area contributed by atoms with Gasteiger partial charge in [-0.25, -0.2) is 8.78 Å². The van der Waals surface area contributed by atoms with E-state index in [0.29, 0.717) is 5.56 Å². The fourth-order valence-corrected chi connectivity index (χ4v) is 1.40. The predicted molar refractivity (Wildman–Crippen MR) is 55.0 cm³/mol. The highest BCUT2D eigenvalue weighted by atomic mass is 19.3. The van der Waals surface area contributed by atoms with Crippen molar-refractivity contribution < 1.29 is 13.9 Å². The number of hydrogen-bond acceptors (Lipinski definition) is 2. The second-order valence-electron chi connectivity index (χ2n) is 3.78. The number of hydrogen-bond donors (Lipinski definition) is 2. The first-order valence-electron chi connectivity index (χ1n) is 4.81. The summed E-state index contributed by atoms with van der Waals surface area (Å²) in [4.78, 5) is 0. The predicted octanol–water partition coefficient (Wildman–Crippen LogP) is 2.91. The van der Waals surface area contributed by atoms with Crippen LogP contribution in [0, 0.1) is 0 Å². The molecule has 0 aliphatic heterocycles. The van der Waals surface area contributed by atoms with Crippen LogP contribution in [-0.4, -0.2) is 5.11 Å². The third kappa shape index (κ3) is 2.45. The summed E-state index contributed by atoms with van der Waals surface area (Å²) < 4.78 is 25.2. The van der Waals surface area contributed by atoms with Crippen molar-refractivity contribution in [2.75, 3.05) is 0 Å². The minimum Gasteiger partial charge on any atom is -0.507 e. The Morgan fingerprint density at radius 3 is 2.33 bits per heavy atom. The van der Waals surface area contributed by atoms with Crippen molar-refractivity contribution in [3.8, 4) is 5.75 Å². The molecule has 0 aliphatic rings. The van der Waals surface area contributed by atoms with Gasteiger partial charge in [0.2, 0.25) is 0 Å². The Kier molecular flexibility index (Phi) is 3.63. The lowest BCUT2D eigenvalue weighted by molar-refractivity contribution is 0.147. The molecule has 0 unspecified atom stereocenters. The molecule has 0 aromatic heterocycles. The summed E-state index contributed by atoms with van der Waals surface area (Å²) in [5, 5.41) is 9.51. The molecule has 1 aromatic carbocycles. The van der Waals surface area contributed by atoms with E-state index in [9.17, 15) is 13.9 Å². The summed E-state index contributed by atoms with van der Waals surface area (Å²) in [6.45, 7) is 3.87. The average Bonchev–Trinajstić information content (AvgIpc) is 2.17. The smallest absolute Gasteiger partial charge is 0.267 e. The summed E-state index contributed by atoms with van der Waals surface area (Å²) in [6.07, 6.45) is -2.67. The second kappa shape index (κ2) is 4.57. The zero-order valence-electron chi connectivity index (χ0n) is 8.80. The van der Waals surface area contributed by atoms with E-state index in [2.05, 4.69) is 0 Å². The lowest BCUT2D eigenvalue weighted by Gasteiger charge is -2.13. The van der Waals surface area contributed by atoms with Crippen LogP contribution in [0.5, 0.6) is 5.75 Å². The molecule has 0 fully saturated rings. The van der Waals surface area contributed by atoms with E-state index in [-0.39, 0.29) is 23.8 Å². The van der Waals surface area contributed by atoms with E-state index in [0.717, 1.165) is 5.56 Å². The zero-order chi connectivity index (χ0) is 11.6. The van der Waals surface area contributed by atoms with E-state index in [4.69, 9.17) is 5.73 Å². The standard InChI is InChI=1S/C11H15F2NO/c1-6(2)7-3-8(5-14)10(15)9(4-7)11(12)13/h3-4,6,11,15H,5,14H2,1-2H3. The van der Waals surface area contributed by atoms with Gasteiger partial charge in [-0.05, 0) is 17.5 Å². The first-order chi connectivity index (χ1) is 6.97. The number of rotatable bonds is 3. The fourth-order valence-electron chi connectivity index (χ4n) is 1.40. The molecule has 0 heterocycles. The molecular weight excluding hydrogens is 200 g/mol. The molecule has 1 rings (SSSR count). The minimum atomic E-state index is -2.67. The highest BCUT2D eigenvalue weighted by Gasteiger charge is 2.17. The van der Waals surface area contributed by atoms with E-state index in [1.807, 2.05) is 13.8 Å². The lowest BCUT2D eigenvalue weighted by atomic mass is 9.97. The third-order valence-electron chi connectivity index (χ3n) is 2.36. The lowest BCUT2D eigenvalue weighted by Crippen LogP contribution is -2.02. The molecule has 0 radical (unpaired) electrons. The van der Waals surface area contributed by atoms with Crippen molar-refractivity contribution in [3.63, 3.8) is 0 Å². The Labute approximate surface area is 87.7 Å². The Balaban J connectivity index is 3.32. The summed E-state index contributed by atoms with van der Waals surface area (Å²) in [5.74, 6) is -0.245. The van der Waals surface area contributed by atoms with Crippen LogP contribution in [0.3, 0.4) is 0 Å². The van der Waals surface area contributed by atoms with Gasteiger partial charge in [0.05, 0.1) is 5.56 Å². The van der Waals surface area contributed by atoms with Crippen LogP contribution in [0.15, 0.2) is 12.1 Å². The molecule has 0 saturated heterocycles. The molecule has 0 atom stereocenters. The molecule has 3 N–H and O–H groups in total. The summed E-state index contributed by atoms with van der Waals surface area (Å²) in [6, 6.07) is 3.01. The van der Waals surface area contributed by atoms with Gasteiger partial charge in [0.15, 0.2) is 0 Å². The van der Waals surface area contributed by atoms with Crippen LogP contribution in [-0.2, 0) is 6.54 Å². The number of phenols is 1. The van der Waals surface area contributed by atoms with Crippen molar-refractivity contribution >= 4 is 0 Å². The molecule has 15 heavy (non-hydrogen) atoms. The maximum atomic E-state index is 12.6. The Bertz CT molecular complexity index is 351. The van der Waals surface area contributed by atoms with Gasteiger partial charge >= 0.3 is 0 Å². The highest BCUT2D eigenvalue weighted by Crippen LogP contribution is 2.34. The van der Waals surface area contributed by atoms with Crippen LogP contribution >= 0.6 is 0 Å². The topological polar surface area (TPSA) is 46.2 Å². The van der Waals surface area contributed by atoms with E-state index >= 15 is 0 Å². The number of phenolic OH excluding ortho intramolecular Hbond substituents is 1. The quantitative estimate of drug-likeness (QED) is 0.814. The SMILES string of the molecule is CC(C)c1cc(CN)c(O)c(C(F)F)c1. The molecule has 84 valence electrons. The monoisotopic (exact) mass is 215 g/mol. The van der Waals surface area contributed by atoms with E-state index in [1.54, 1.807) is 6.07 Å². The van der Waals surface area contributed by atoms with Gasteiger partial charge < -0.3 is 10.8 Å². The number of halogens is 2. The van der Waals surface area contributed by atoms with Crippen LogP contribution in [0.4, 0.5) is 8.78 Å². The summed E-state index contributed by atoms with van der Waals surface area (Å²) in [5.41, 5.74) is 6.19. The van der Waals surface area contributed by atoms with E-state index in [1.165, 1.54) is 6.07 Å². The molecule has 0 amide bonds. The second-order valence-corrected chi connectivity index (χ2v) is 3.78. The molecule has 0 saturated carbocycles. The number of alkyl halides is 2. The maximum absolute atomic E-state index is 12.6. The van der Waals surface area contributed by atoms with Gasteiger partial charge in [-0.2, -0.15) is 0 Å². The Morgan fingerprint density at radius 1 is 1.33 bits per heavy atom. The highest BCUT2D eigenvalue weighted by molar-refractivity contribution is 5.45. The summed E-state index contributed by atoms with van der Waals surface area (Å²) >= 11 is 0. The van der Waals surface area contributed by atoms with Crippen LogP contribution < -0.4 is 5.73 Å². The van der Waals surface area contributed by atoms with Crippen LogP contribution in [0.1, 0.15) is 42.9 Å². The van der Waals surface area contributed by atoms with Crippen molar-refractivity contribution in [2.24, 2.45) is 5.73 Å². The minimum absolute atomic E-state index is 0.0616. The first kappa shape index (κ1) is 11.9. The number of benzene rings is 1. The normalized spacial score (nSPS) is 11.4. The van der Waals surface area contributed by atoms with Gasteiger partial charge in [0, 0.05) is 12.1 Å². The Hall–Kier alpha value is -1.16. The maximum Gasteiger partial charge on any atom is 0.267 e. The third-order valence-corrected chi connectivity index (χ3v) is 2.36. The van der Waals surface area contributed by atoms with Crippen LogP contribution in [0.2, 0.25) is 0 Å². The largest absolute Gasteiger partial charge is 0.507 e. The average molecular weight is 215 g/mol. The van der Waals surface area contributed by atoms with Crippen molar-refractivity contribution in [1.29, 1.82) is 0 Å². The van der Waals surface area contributed by atoms with Gasteiger partial charge in [-0.15, -0.1) is 0 Å². The zero-order valence-corrected chi connectivity index (χ0v) is 8.80. The van der Waals surface area contributed by atoms with Gasteiger partial charge in [-0.3, -0.25) is 0 Å². The van der Waals surface area contributed by atoms with Crippen molar-refractivity contribution in [1.82, 2.24) is 0 Å². The Morgan fingerprint density at radius 2 is 1.93 bits per heavy atom. The molecule has 2 nitrogen and oxygen atoms in total. The van der Waals surface area contributed by atoms with Gasteiger partial charge in [-0.1, -0.05) is 19.9 Å². The van der Waals surface area contributed by atoms with Gasteiger partial charge in [0.1, 0.15) is 5.75 Å². The van der Waals surface area contributed by atoms with Gasteiger partial charge in [0.25, 0.3) is 6.43 Å². The number of aromatic hydroxyl groups is 1. The first-order valence-corrected chi connectivity index (χ1v) is 4.81. The molecule has 4 heteroatoms. The molecule has 0 bridgehead atoms. The van der Waals surface area contributed by atoms with E-state index < -0.39 is 6.43 Å². The van der Waals surface area contributed by atoms with Crippen molar-refractivity contribution in [2.45, 2.75) is 32.7 Å². The number of nitrogens with two attached hydrogens (primary N) is 1. The molecule has 0 spiro atoms. The molecule has 1 aromatic rings. The molecular formula is C11H15F2NO.